The summed E-state index contributed by atoms with van der Waals surface area (Å²) in [5.74, 6) is -0.326. The summed E-state index contributed by atoms with van der Waals surface area (Å²) in [5.41, 5.74) is 3.32. The molecule has 5 nitrogen and oxygen atoms in total. The van der Waals surface area contributed by atoms with E-state index in [1.165, 1.54) is 0 Å². The number of carbonyl (C=O) groups excluding carboxylic acids is 1. The van der Waals surface area contributed by atoms with Gasteiger partial charge in [0, 0.05) is 28.7 Å². The summed E-state index contributed by atoms with van der Waals surface area (Å²) in [6.07, 6.45) is 1.56. The number of rotatable bonds is 7. The molecule has 0 unspecified atom stereocenters. The van der Waals surface area contributed by atoms with Gasteiger partial charge in [-0.05, 0) is 30.2 Å². The second-order valence-electron chi connectivity index (χ2n) is 7.75. The van der Waals surface area contributed by atoms with Gasteiger partial charge < -0.3 is 9.88 Å². The van der Waals surface area contributed by atoms with Crippen molar-refractivity contribution in [3.63, 3.8) is 0 Å². The van der Waals surface area contributed by atoms with Crippen LogP contribution in [-0.2, 0) is 33.5 Å². The molecule has 0 aliphatic heterocycles. The van der Waals surface area contributed by atoms with Gasteiger partial charge in [-0.15, -0.1) is 0 Å². The molecule has 1 amide bonds. The largest absolute Gasteiger partial charge is 0.350 e. The van der Waals surface area contributed by atoms with Gasteiger partial charge >= 0.3 is 0 Å². The average molecular weight is 467 g/mol. The molecule has 0 aliphatic carbocycles. The lowest BCUT2D eigenvalue weighted by atomic mass is 10.2. The lowest BCUT2D eigenvalue weighted by Gasteiger charge is -2.08. The van der Waals surface area contributed by atoms with Crippen LogP contribution in [0.5, 0.6) is 0 Å². The number of hydrogen-bond acceptors (Lipinski definition) is 3. The number of nitrogens with zero attached hydrogens (tertiary/aromatic N) is 1. The van der Waals surface area contributed by atoms with E-state index in [2.05, 4.69) is 5.32 Å². The van der Waals surface area contributed by atoms with Gasteiger partial charge in [-0.2, -0.15) is 0 Å². The number of carbonyl (C=O) groups is 1. The number of hydrogen-bond donors (Lipinski definition) is 1. The first-order valence-electron chi connectivity index (χ1n) is 10.2. The number of amides is 1. The molecule has 1 N–H and O–H groups in total. The molecule has 0 radical (unpaired) electrons. The lowest BCUT2D eigenvalue weighted by molar-refractivity contribution is -0.121. The van der Waals surface area contributed by atoms with Gasteiger partial charge in [0.25, 0.3) is 0 Å². The number of para-hydroxylation sites is 1. The Morgan fingerprint density at radius 2 is 1.66 bits per heavy atom. The van der Waals surface area contributed by atoms with E-state index >= 15 is 0 Å². The molecule has 0 saturated carbocycles. The molecule has 0 atom stereocenters. The van der Waals surface area contributed by atoms with Gasteiger partial charge in [0.1, 0.15) is 6.54 Å². The highest BCUT2D eigenvalue weighted by Crippen LogP contribution is 2.28. The van der Waals surface area contributed by atoms with Gasteiger partial charge in [0.2, 0.25) is 5.91 Å². The topological polar surface area (TPSA) is 68.2 Å². The molecular formula is C25H23ClN2O3S. The van der Waals surface area contributed by atoms with Crippen LogP contribution in [0.1, 0.15) is 16.7 Å². The molecule has 7 heteroatoms. The molecule has 0 saturated heterocycles. The van der Waals surface area contributed by atoms with Gasteiger partial charge in [0.05, 0.1) is 10.6 Å². The maximum absolute atomic E-state index is 13.2. The summed E-state index contributed by atoms with van der Waals surface area (Å²) in [6.45, 7) is 2.27. The number of fused-ring (bicyclic) bond motifs is 1. The summed E-state index contributed by atoms with van der Waals surface area (Å²) < 4.78 is 28.1. The van der Waals surface area contributed by atoms with Crippen LogP contribution in [0, 0.1) is 6.92 Å². The summed E-state index contributed by atoms with van der Waals surface area (Å²) >= 11 is 6.15. The molecule has 32 heavy (non-hydrogen) atoms. The monoisotopic (exact) mass is 466 g/mol. The van der Waals surface area contributed by atoms with Gasteiger partial charge in [-0.25, -0.2) is 8.42 Å². The van der Waals surface area contributed by atoms with Crippen LogP contribution >= 0.6 is 11.6 Å². The first kappa shape index (κ1) is 22.1. The Balaban J connectivity index is 1.57. The van der Waals surface area contributed by atoms with Gasteiger partial charge in [-0.3, -0.25) is 4.79 Å². The normalized spacial score (nSPS) is 11.6. The van der Waals surface area contributed by atoms with Crippen molar-refractivity contribution < 1.29 is 13.2 Å². The molecule has 0 aliphatic rings. The maximum Gasteiger partial charge on any atom is 0.240 e. The molecule has 0 fully saturated rings. The van der Waals surface area contributed by atoms with E-state index in [1.54, 1.807) is 29.0 Å². The number of aromatic nitrogens is 1. The van der Waals surface area contributed by atoms with Crippen LogP contribution in [-0.4, -0.2) is 18.9 Å². The van der Waals surface area contributed by atoms with Crippen molar-refractivity contribution in [2.24, 2.45) is 0 Å². The minimum Gasteiger partial charge on any atom is -0.350 e. The van der Waals surface area contributed by atoms with Crippen LogP contribution in [0.4, 0.5) is 0 Å². The Morgan fingerprint density at radius 1 is 0.969 bits per heavy atom. The third-order valence-corrected chi connectivity index (χ3v) is 7.39. The van der Waals surface area contributed by atoms with Crippen LogP contribution in [0.25, 0.3) is 10.9 Å². The fourth-order valence-electron chi connectivity index (χ4n) is 3.62. The Kier molecular flexibility index (Phi) is 6.35. The Hall–Kier alpha value is -3.09. The number of sulfone groups is 1. The minimum atomic E-state index is -3.60. The average Bonchev–Trinajstić information content (AvgIpc) is 3.14. The van der Waals surface area contributed by atoms with E-state index < -0.39 is 9.84 Å². The van der Waals surface area contributed by atoms with Crippen molar-refractivity contribution >= 4 is 38.2 Å². The highest BCUT2D eigenvalue weighted by atomic mass is 35.5. The zero-order valence-electron chi connectivity index (χ0n) is 17.6. The van der Waals surface area contributed by atoms with Crippen LogP contribution in [0.15, 0.2) is 83.9 Å². The van der Waals surface area contributed by atoms with Gasteiger partial charge in [0.15, 0.2) is 9.84 Å². The standard InChI is InChI=1S/C25H23ClN2O3S/c1-18-10-12-19(13-11-18)17-32(30,31)24-15-28(23-9-5-3-7-21(23)24)16-25(29)27-14-20-6-2-4-8-22(20)26/h2-13,15H,14,16-17H2,1H3,(H,27,29). The van der Waals surface area contributed by atoms with Crippen molar-refractivity contribution in [1.82, 2.24) is 9.88 Å². The summed E-state index contributed by atoms with van der Waals surface area (Å²) in [5, 5.41) is 4.05. The molecule has 164 valence electrons. The van der Waals surface area contributed by atoms with Crippen molar-refractivity contribution in [3.05, 3.63) is 101 Å². The number of benzene rings is 3. The number of halogens is 1. The first-order chi connectivity index (χ1) is 15.3. The van der Waals surface area contributed by atoms with E-state index in [9.17, 15) is 13.2 Å². The Bertz CT molecular complexity index is 1380. The maximum atomic E-state index is 13.2. The lowest BCUT2D eigenvalue weighted by Crippen LogP contribution is -2.27. The fraction of sp³-hybridized carbons (Fsp3) is 0.160. The Morgan fingerprint density at radius 3 is 2.41 bits per heavy atom. The molecule has 1 aromatic heterocycles. The third-order valence-electron chi connectivity index (χ3n) is 5.31. The SMILES string of the molecule is Cc1ccc(CS(=O)(=O)c2cn(CC(=O)NCc3ccccc3Cl)c3ccccc23)cc1. The molecular weight excluding hydrogens is 444 g/mol. The molecule has 0 bridgehead atoms. The summed E-state index contributed by atoms with van der Waals surface area (Å²) in [4.78, 5) is 12.8. The van der Waals surface area contributed by atoms with Crippen molar-refractivity contribution in [1.29, 1.82) is 0 Å². The molecule has 4 aromatic rings. The van der Waals surface area contributed by atoms with Crippen LogP contribution < -0.4 is 5.32 Å². The quantitative estimate of drug-likeness (QED) is 0.421. The fourth-order valence-corrected chi connectivity index (χ4v) is 5.40. The second-order valence-corrected chi connectivity index (χ2v) is 10.1. The van der Waals surface area contributed by atoms with E-state index in [0.29, 0.717) is 22.5 Å². The van der Waals surface area contributed by atoms with Crippen molar-refractivity contribution in [2.75, 3.05) is 0 Å². The van der Waals surface area contributed by atoms with Gasteiger partial charge in [-0.1, -0.05) is 77.8 Å². The van der Waals surface area contributed by atoms with E-state index in [0.717, 1.165) is 16.7 Å². The van der Waals surface area contributed by atoms with Crippen molar-refractivity contribution in [2.45, 2.75) is 30.7 Å². The van der Waals surface area contributed by atoms with E-state index in [4.69, 9.17) is 11.6 Å². The molecule has 4 rings (SSSR count). The predicted molar refractivity (Wildman–Crippen MR) is 127 cm³/mol. The summed E-state index contributed by atoms with van der Waals surface area (Å²) in [6, 6.07) is 22.0. The highest BCUT2D eigenvalue weighted by molar-refractivity contribution is 7.90. The zero-order chi connectivity index (χ0) is 22.7. The minimum absolute atomic E-state index is 0.00498. The van der Waals surface area contributed by atoms with E-state index in [1.807, 2.05) is 61.5 Å². The predicted octanol–water partition coefficient (Wildman–Crippen LogP) is 4.89. The molecule has 3 aromatic carbocycles. The number of aryl methyl sites for hydroxylation is 1. The highest BCUT2D eigenvalue weighted by Gasteiger charge is 2.22. The van der Waals surface area contributed by atoms with Crippen LogP contribution in [0.2, 0.25) is 5.02 Å². The van der Waals surface area contributed by atoms with Crippen molar-refractivity contribution in [3.8, 4) is 0 Å². The molecule has 1 heterocycles. The zero-order valence-corrected chi connectivity index (χ0v) is 19.2. The second kappa shape index (κ2) is 9.18. The third kappa shape index (κ3) is 4.87. The number of nitrogens with one attached hydrogen (secondary N) is 1. The first-order valence-corrected chi connectivity index (χ1v) is 12.2. The van der Waals surface area contributed by atoms with E-state index in [-0.39, 0.29) is 23.1 Å². The summed E-state index contributed by atoms with van der Waals surface area (Å²) in [7, 11) is -3.60. The molecule has 0 spiro atoms. The Labute approximate surface area is 192 Å². The smallest absolute Gasteiger partial charge is 0.240 e. The van der Waals surface area contributed by atoms with Crippen LogP contribution in [0.3, 0.4) is 0 Å².